The zero-order valence-electron chi connectivity index (χ0n) is 10.7. The molecule has 21 heavy (non-hydrogen) atoms. The average Bonchev–Trinajstić information content (AvgIpc) is 2.29. The Kier molecular flexibility index (Phi) is 5.40. The Balaban J connectivity index is 3.11. The number of aryl methyl sites for hydroxylation is 1. The fourth-order valence-electron chi connectivity index (χ4n) is 1.46. The third kappa shape index (κ3) is 4.97. The number of carboxylic acids is 1. The van der Waals surface area contributed by atoms with Gasteiger partial charge in [-0.15, -0.1) is 0 Å². The fraction of sp³-hybridized carbons (Fsp3) is 0.364. The molecule has 0 aromatic heterocycles. The molecule has 0 spiro atoms. The predicted molar refractivity (Wildman–Crippen MR) is 71.7 cm³/mol. The van der Waals surface area contributed by atoms with Crippen molar-refractivity contribution in [3.63, 3.8) is 0 Å². The molecular weight excluding hydrogens is 379 g/mol. The van der Waals surface area contributed by atoms with Crippen LogP contribution in [0.5, 0.6) is 0 Å². The van der Waals surface area contributed by atoms with Crippen LogP contribution in [0.15, 0.2) is 21.5 Å². The van der Waals surface area contributed by atoms with Crippen LogP contribution in [0.2, 0.25) is 0 Å². The number of alkyl halides is 3. The van der Waals surface area contributed by atoms with Gasteiger partial charge in [-0.05, 0) is 40.5 Å². The van der Waals surface area contributed by atoms with Gasteiger partial charge in [0.1, 0.15) is 0 Å². The molecule has 2 N–H and O–H groups in total. The number of benzene rings is 1. The molecule has 10 heteroatoms. The van der Waals surface area contributed by atoms with Gasteiger partial charge in [0.15, 0.2) is 0 Å². The lowest BCUT2D eigenvalue weighted by Gasteiger charge is -2.12. The van der Waals surface area contributed by atoms with Gasteiger partial charge in [-0.2, -0.15) is 13.2 Å². The number of carbonyl (C=O) groups is 1. The van der Waals surface area contributed by atoms with E-state index in [9.17, 15) is 26.4 Å². The highest BCUT2D eigenvalue weighted by Gasteiger charge is 2.28. The molecule has 5 nitrogen and oxygen atoms in total. The molecule has 0 aliphatic rings. The Morgan fingerprint density at radius 1 is 1.38 bits per heavy atom. The number of halogens is 4. The van der Waals surface area contributed by atoms with E-state index in [0.29, 0.717) is 5.56 Å². The van der Waals surface area contributed by atoms with Gasteiger partial charge in [0.05, 0.1) is 16.9 Å². The summed E-state index contributed by atoms with van der Waals surface area (Å²) >= 11 is 3.00. The summed E-state index contributed by atoms with van der Waals surface area (Å²) < 4.78 is 61.9. The first-order chi connectivity index (χ1) is 9.44. The number of rotatable bonds is 5. The minimum atomic E-state index is -4.49. The molecular formula is C11H11BrF3NO4S. The van der Waals surface area contributed by atoms with Crippen LogP contribution in [0.25, 0.3) is 0 Å². The van der Waals surface area contributed by atoms with Gasteiger partial charge < -0.3 is 5.11 Å². The number of carboxylic acid groups (broad SMARTS) is 1. The number of hydrogen-bond donors (Lipinski definition) is 2. The molecule has 0 fully saturated rings. The Labute approximate surface area is 127 Å². The van der Waals surface area contributed by atoms with Crippen molar-refractivity contribution in [2.24, 2.45) is 0 Å². The molecule has 1 rings (SSSR count). The van der Waals surface area contributed by atoms with E-state index in [1.54, 1.807) is 4.72 Å². The zero-order valence-corrected chi connectivity index (χ0v) is 13.1. The van der Waals surface area contributed by atoms with E-state index in [1.807, 2.05) is 0 Å². The first-order valence-corrected chi connectivity index (χ1v) is 7.81. The summed E-state index contributed by atoms with van der Waals surface area (Å²) in [5, 5.41) is 8.89. The van der Waals surface area contributed by atoms with Crippen LogP contribution in [-0.4, -0.2) is 32.2 Å². The topological polar surface area (TPSA) is 83.5 Å². The zero-order chi connectivity index (χ0) is 16.4. The Hall–Kier alpha value is -1.13. The Morgan fingerprint density at radius 2 is 1.95 bits per heavy atom. The summed E-state index contributed by atoms with van der Waals surface area (Å²) in [6, 6.07) is 2.14. The molecule has 0 saturated heterocycles. The third-order valence-corrected chi connectivity index (χ3v) is 5.26. The van der Waals surface area contributed by atoms with Crippen LogP contribution in [0.4, 0.5) is 13.2 Å². The SMILES string of the molecule is Cc1cc(C(=O)O)cc(S(=O)(=O)NCCC(F)(F)F)c1Br. The molecule has 118 valence electrons. The highest BCUT2D eigenvalue weighted by atomic mass is 79.9. The Morgan fingerprint density at radius 3 is 2.43 bits per heavy atom. The quantitative estimate of drug-likeness (QED) is 0.810. The summed E-state index contributed by atoms with van der Waals surface area (Å²) in [4.78, 5) is 10.5. The monoisotopic (exact) mass is 389 g/mol. The summed E-state index contributed by atoms with van der Waals surface area (Å²) in [5.74, 6) is -1.34. The molecule has 1 aromatic rings. The van der Waals surface area contributed by atoms with Crippen molar-refractivity contribution in [3.05, 3.63) is 27.7 Å². The first kappa shape index (κ1) is 17.9. The molecule has 0 bridgehead atoms. The number of sulfonamides is 1. The second-order valence-electron chi connectivity index (χ2n) is 4.17. The van der Waals surface area contributed by atoms with Gasteiger partial charge in [0.2, 0.25) is 10.0 Å². The molecule has 1 aromatic carbocycles. The third-order valence-electron chi connectivity index (χ3n) is 2.46. The van der Waals surface area contributed by atoms with Crippen molar-refractivity contribution in [2.45, 2.75) is 24.4 Å². The second kappa shape index (κ2) is 6.32. The van der Waals surface area contributed by atoms with Crippen LogP contribution in [0.1, 0.15) is 22.3 Å². The van der Waals surface area contributed by atoms with Crippen molar-refractivity contribution in [2.75, 3.05) is 6.54 Å². The maximum absolute atomic E-state index is 12.0. The maximum Gasteiger partial charge on any atom is 0.390 e. The van der Waals surface area contributed by atoms with Crippen LogP contribution in [0.3, 0.4) is 0 Å². The van der Waals surface area contributed by atoms with Gasteiger partial charge >= 0.3 is 12.1 Å². The molecule has 0 aliphatic heterocycles. The lowest BCUT2D eigenvalue weighted by Crippen LogP contribution is -2.28. The highest BCUT2D eigenvalue weighted by Crippen LogP contribution is 2.27. The molecule has 0 saturated carbocycles. The molecule has 0 atom stereocenters. The summed E-state index contributed by atoms with van der Waals surface area (Å²) in [6.07, 6.45) is -5.81. The van der Waals surface area contributed by atoms with E-state index >= 15 is 0 Å². The Bertz CT molecular complexity index is 658. The predicted octanol–water partition coefficient (Wildman–Crippen LogP) is 2.69. The van der Waals surface area contributed by atoms with Crippen LogP contribution in [-0.2, 0) is 10.0 Å². The normalized spacial score (nSPS) is 12.4. The number of nitrogens with one attached hydrogen (secondary N) is 1. The fourth-order valence-corrected chi connectivity index (χ4v) is 3.53. The first-order valence-electron chi connectivity index (χ1n) is 5.54. The van der Waals surface area contributed by atoms with E-state index in [-0.39, 0.29) is 10.0 Å². The van der Waals surface area contributed by atoms with Crippen LogP contribution >= 0.6 is 15.9 Å². The minimum absolute atomic E-state index is 0.104. The van der Waals surface area contributed by atoms with Crippen molar-refractivity contribution < 1.29 is 31.5 Å². The molecule has 0 amide bonds. The second-order valence-corrected chi connectivity index (χ2v) is 6.70. The molecule has 0 heterocycles. The maximum atomic E-state index is 12.0. The lowest BCUT2D eigenvalue weighted by atomic mass is 10.1. The molecule has 0 unspecified atom stereocenters. The number of aromatic carboxylic acids is 1. The van der Waals surface area contributed by atoms with E-state index in [4.69, 9.17) is 5.11 Å². The van der Waals surface area contributed by atoms with Crippen molar-refractivity contribution in [1.29, 1.82) is 0 Å². The van der Waals surface area contributed by atoms with Crippen LogP contribution < -0.4 is 4.72 Å². The highest BCUT2D eigenvalue weighted by molar-refractivity contribution is 9.10. The van der Waals surface area contributed by atoms with E-state index < -0.39 is 40.0 Å². The van der Waals surface area contributed by atoms with Crippen molar-refractivity contribution in [3.8, 4) is 0 Å². The van der Waals surface area contributed by atoms with Crippen molar-refractivity contribution in [1.82, 2.24) is 4.72 Å². The summed E-state index contributed by atoms with van der Waals surface area (Å²) in [5.41, 5.74) is 0.0676. The minimum Gasteiger partial charge on any atom is -0.478 e. The van der Waals surface area contributed by atoms with E-state index in [2.05, 4.69) is 15.9 Å². The van der Waals surface area contributed by atoms with Gasteiger partial charge in [0, 0.05) is 11.0 Å². The van der Waals surface area contributed by atoms with Gasteiger partial charge in [-0.1, -0.05) is 0 Å². The summed E-state index contributed by atoms with van der Waals surface area (Å²) in [6.45, 7) is 0.653. The lowest BCUT2D eigenvalue weighted by molar-refractivity contribution is -0.132. The smallest absolute Gasteiger partial charge is 0.390 e. The van der Waals surface area contributed by atoms with Crippen LogP contribution in [0, 0.1) is 6.92 Å². The number of hydrogen-bond acceptors (Lipinski definition) is 3. The average molecular weight is 390 g/mol. The molecule has 0 aliphatic carbocycles. The largest absolute Gasteiger partial charge is 0.478 e. The van der Waals surface area contributed by atoms with Gasteiger partial charge in [-0.25, -0.2) is 17.9 Å². The standard InChI is InChI=1S/C11H11BrF3NO4S/c1-6-4-7(10(17)18)5-8(9(6)12)21(19,20)16-3-2-11(13,14)15/h4-5,16H,2-3H2,1H3,(H,17,18). The van der Waals surface area contributed by atoms with E-state index in [0.717, 1.165) is 6.07 Å². The van der Waals surface area contributed by atoms with E-state index in [1.165, 1.54) is 13.0 Å². The van der Waals surface area contributed by atoms with Crippen molar-refractivity contribution >= 4 is 31.9 Å². The van der Waals surface area contributed by atoms with Gasteiger partial charge in [0.25, 0.3) is 0 Å². The van der Waals surface area contributed by atoms with Gasteiger partial charge in [-0.3, -0.25) is 0 Å². The summed E-state index contributed by atoms with van der Waals surface area (Å²) in [7, 11) is -4.25. The molecule has 0 radical (unpaired) electrons.